The first-order chi connectivity index (χ1) is 12.2. The third-order valence-electron chi connectivity index (χ3n) is 4.57. The summed E-state index contributed by atoms with van der Waals surface area (Å²) in [5.41, 5.74) is 2.26. The number of carbonyl (C=O) groups is 1. The Kier molecular flexibility index (Phi) is 5.65. The van der Waals surface area contributed by atoms with Crippen LogP contribution in [0.1, 0.15) is 23.9 Å². The van der Waals surface area contributed by atoms with Gasteiger partial charge in [0.2, 0.25) is 5.91 Å². The zero-order valence-corrected chi connectivity index (χ0v) is 14.9. The number of aromatic nitrogens is 2. The predicted octanol–water partition coefficient (Wildman–Crippen LogP) is 1.38. The lowest BCUT2D eigenvalue weighted by Gasteiger charge is -2.35. The number of piperazine rings is 1. The van der Waals surface area contributed by atoms with Crippen LogP contribution in [0.4, 0.5) is 5.82 Å². The fourth-order valence-electron chi connectivity index (χ4n) is 3.15. The van der Waals surface area contributed by atoms with Crippen molar-refractivity contribution in [1.82, 2.24) is 20.2 Å². The molecule has 2 aromatic heterocycles. The Bertz CT molecular complexity index is 693. The number of hydrogen-bond acceptors (Lipinski definition) is 6. The Balaban J connectivity index is 1.49. The second kappa shape index (κ2) is 8.11. The van der Waals surface area contributed by atoms with Crippen LogP contribution in [-0.2, 0) is 17.8 Å². The van der Waals surface area contributed by atoms with Gasteiger partial charge < -0.3 is 14.6 Å². The SMILES string of the molecule is CCc1c(C)ncnc1N1CCN(CC(=O)NCc2ccco2)CC1. The Hall–Kier alpha value is -2.41. The topological polar surface area (TPSA) is 74.5 Å². The predicted molar refractivity (Wildman–Crippen MR) is 95.4 cm³/mol. The zero-order valence-electron chi connectivity index (χ0n) is 14.9. The lowest BCUT2D eigenvalue weighted by atomic mass is 10.1. The smallest absolute Gasteiger partial charge is 0.234 e. The third-order valence-corrected chi connectivity index (χ3v) is 4.57. The molecule has 0 aromatic carbocycles. The third kappa shape index (κ3) is 4.36. The minimum absolute atomic E-state index is 0.0250. The van der Waals surface area contributed by atoms with Crippen molar-refractivity contribution in [2.24, 2.45) is 0 Å². The van der Waals surface area contributed by atoms with Crippen molar-refractivity contribution in [3.63, 3.8) is 0 Å². The standard InChI is InChI=1S/C18H25N5O2/c1-3-16-14(2)20-13-21-18(16)23-8-6-22(7-9-23)12-17(24)19-11-15-5-4-10-25-15/h4-5,10,13H,3,6-9,11-12H2,1-2H3,(H,19,24). The molecule has 3 rings (SSSR count). The van der Waals surface area contributed by atoms with Gasteiger partial charge in [0, 0.05) is 37.4 Å². The summed E-state index contributed by atoms with van der Waals surface area (Å²) in [7, 11) is 0. The molecule has 1 aliphatic heterocycles. The molecule has 0 atom stereocenters. The van der Waals surface area contributed by atoms with E-state index in [1.165, 1.54) is 5.56 Å². The van der Waals surface area contributed by atoms with E-state index >= 15 is 0 Å². The zero-order chi connectivity index (χ0) is 17.6. The van der Waals surface area contributed by atoms with Gasteiger partial charge in [-0.15, -0.1) is 0 Å². The first-order valence-electron chi connectivity index (χ1n) is 8.74. The monoisotopic (exact) mass is 343 g/mol. The van der Waals surface area contributed by atoms with E-state index in [0.29, 0.717) is 13.1 Å². The first-order valence-corrected chi connectivity index (χ1v) is 8.74. The van der Waals surface area contributed by atoms with E-state index in [0.717, 1.165) is 49.9 Å². The van der Waals surface area contributed by atoms with Gasteiger partial charge in [-0.25, -0.2) is 9.97 Å². The molecule has 25 heavy (non-hydrogen) atoms. The number of amides is 1. The summed E-state index contributed by atoms with van der Waals surface area (Å²) in [6, 6.07) is 3.67. The first kappa shape index (κ1) is 17.4. The molecule has 3 heterocycles. The maximum absolute atomic E-state index is 12.1. The van der Waals surface area contributed by atoms with Crippen LogP contribution in [0, 0.1) is 6.92 Å². The normalized spacial score (nSPS) is 15.4. The van der Waals surface area contributed by atoms with E-state index in [1.807, 2.05) is 19.1 Å². The van der Waals surface area contributed by atoms with Gasteiger partial charge in [-0.1, -0.05) is 6.92 Å². The maximum Gasteiger partial charge on any atom is 0.234 e. The van der Waals surface area contributed by atoms with Gasteiger partial charge in [0.15, 0.2) is 0 Å². The van der Waals surface area contributed by atoms with Crippen molar-refractivity contribution in [3.05, 3.63) is 41.7 Å². The summed E-state index contributed by atoms with van der Waals surface area (Å²) in [6.45, 7) is 8.45. The highest BCUT2D eigenvalue weighted by Gasteiger charge is 2.22. The van der Waals surface area contributed by atoms with Gasteiger partial charge >= 0.3 is 0 Å². The summed E-state index contributed by atoms with van der Waals surface area (Å²) in [5.74, 6) is 1.83. The minimum Gasteiger partial charge on any atom is -0.467 e. The molecular formula is C18H25N5O2. The van der Waals surface area contributed by atoms with Crippen LogP contribution in [0.15, 0.2) is 29.1 Å². The van der Waals surface area contributed by atoms with E-state index in [9.17, 15) is 4.79 Å². The molecule has 7 nitrogen and oxygen atoms in total. The Morgan fingerprint density at radius 3 is 2.76 bits per heavy atom. The van der Waals surface area contributed by atoms with Crippen molar-refractivity contribution in [2.75, 3.05) is 37.6 Å². The van der Waals surface area contributed by atoms with Crippen LogP contribution >= 0.6 is 0 Å². The van der Waals surface area contributed by atoms with Gasteiger partial charge in [0.25, 0.3) is 0 Å². The Morgan fingerprint density at radius 2 is 2.08 bits per heavy atom. The van der Waals surface area contributed by atoms with Gasteiger partial charge in [-0.2, -0.15) is 0 Å². The fourth-order valence-corrected chi connectivity index (χ4v) is 3.15. The maximum atomic E-state index is 12.1. The molecule has 0 saturated carbocycles. The highest BCUT2D eigenvalue weighted by molar-refractivity contribution is 5.78. The second-order valence-electron chi connectivity index (χ2n) is 6.23. The van der Waals surface area contributed by atoms with Crippen LogP contribution in [0.5, 0.6) is 0 Å². The highest BCUT2D eigenvalue weighted by Crippen LogP contribution is 2.21. The summed E-state index contributed by atoms with van der Waals surface area (Å²) in [4.78, 5) is 25.3. The molecule has 0 radical (unpaired) electrons. The van der Waals surface area contributed by atoms with Gasteiger partial charge in [-0.05, 0) is 25.5 Å². The molecule has 134 valence electrons. The minimum atomic E-state index is 0.0250. The van der Waals surface area contributed by atoms with Gasteiger partial charge in [0.1, 0.15) is 17.9 Å². The number of nitrogens with zero attached hydrogens (tertiary/aromatic N) is 4. The van der Waals surface area contributed by atoms with Crippen molar-refractivity contribution in [3.8, 4) is 0 Å². The Labute approximate surface area is 148 Å². The van der Waals surface area contributed by atoms with E-state index in [4.69, 9.17) is 4.42 Å². The van der Waals surface area contributed by atoms with Crippen LogP contribution in [0.3, 0.4) is 0 Å². The largest absolute Gasteiger partial charge is 0.467 e. The number of aryl methyl sites for hydroxylation is 1. The summed E-state index contributed by atoms with van der Waals surface area (Å²) in [6.07, 6.45) is 4.18. The number of anilines is 1. The van der Waals surface area contributed by atoms with E-state index in [1.54, 1.807) is 12.6 Å². The van der Waals surface area contributed by atoms with Crippen LogP contribution in [0.2, 0.25) is 0 Å². The second-order valence-corrected chi connectivity index (χ2v) is 6.23. The number of carbonyl (C=O) groups excluding carboxylic acids is 1. The molecule has 1 fully saturated rings. The van der Waals surface area contributed by atoms with Crippen LogP contribution < -0.4 is 10.2 Å². The number of rotatable bonds is 6. The van der Waals surface area contributed by atoms with Crippen molar-refractivity contribution >= 4 is 11.7 Å². The van der Waals surface area contributed by atoms with Crippen LogP contribution in [-0.4, -0.2) is 53.5 Å². The lowest BCUT2D eigenvalue weighted by Crippen LogP contribution is -2.50. The molecule has 1 aliphatic rings. The number of hydrogen-bond donors (Lipinski definition) is 1. The molecule has 2 aromatic rings. The summed E-state index contributed by atoms with van der Waals surface area (Å²) < 4.78 is 5.22. The van der Waals surface area contributed by atoms with Crippen molar-refractivity contribution in [1.29, 1.82) is 0 Å². The van der Waals surface area contributed by atoms with E-state index < -0.39 is 0 Å². The average molecular weight is 343 g/mol. The molecule has 7 heteroatoms. The van der Waals surface area contributed by atoms with Crippen LogP contribution in [0.25, 0.3) is 0 Å². The molecule has 1 saturated heterocycles. The average Bonchev–Trinajstić information content (AvgIpc) is 3.14. The Morgan fingerprint density at radius 1 is 1.28 bits per heavy atom. The van der Waals surface area contributed by atoms with Gasteiger partial charge in [0.05, 0.1) is 19.4 Å². The highest BCUT2D eigenvalue weighted by atomic mass is 16.3. The fraction of sp³-hybridized carbons (Fsp3) is 0.500. The molecule has 0 bridgehead atoms. The molecule has 1 N–H and O–H groups in total. The molecule has 0 unspecified atom stereocenters. The lowest BCUT2D eigenvalue weighted by molar-refractivity contribution is -0.122. The van der Waals surface area contributed by atoms with Gasteiger partial charge in [-0.3, -0.25) is 9.69 Å². The molecule has 0 spiro atoms. The van der Waals surface area contributed by atoms with E-state index in [2.05, 4.69) is 32.0 Å². The van der Waals surface area contributed by atoms with Crippen molar-refractivity contribution in [2.45, 2.75) is 26.8 Å². The number of nitrogens with one attached hydrogen (secondary N) is 1. The molecule has 0 aliphatic carbocycles. The molecular weight excluding hydrogens is 318 g/mol. The quantitative estimate of drug-likeness (QED) is 0.854. The van der Waals surface area contributed by atoms with E-state index in [-0.39, 0.29) is 5.91 Å². The molecule has 1 amide bonds. The number of furan rings is 1. The van der Waals surface area contributed by atoms with Crippen molar-refractivity contribution < 1.29 is 9.21 Å². The summed E-state index contributed by atoms with van der Waals surface area (Å²) in [5, 5.41) is 2.89. The summed E-state index contributed by atoms with van der Waals surface area (Å²) >= 11 is 0.